The van der Waals surface area contributed by atoms with Crippen LogP contribution >= 0.6 is 0 Å². The molecular formula is C11H21O4. The highest BCUT2D eigenvalue weighted by atomic mass is 16.7. The first kappa shape index (κ1) is 14.4. The standard InChI is InChI=1S/C11H21O4/c1-5-12-7-8-13-9-11(14-6-2)15-10(3)4/h11H,1,3,5-9H2,2,4H3. The summed E-state index contributed by atoms with van der Waals surface area (Å²) in [4.78, 5) is 0. The third-order valence-corrected chi connectivity index (χ3v) is 1.46. The molecule has 0 bridgehead atoms. The van der Waals surface area contributed by atoms with Crippen molar-refractivity contribution in [3.63, 3.8) is 0 Å². The van der Waals surface area contributed by atoms with E-state index < -0.39 is 0 Å². The molecule has 0 amide bonds. The van der Waals surface area contributed by atoms with Crippen molar-refractivity contribution in [2.75, 3.05) is 33.0 Å². The lowest BCUT2D eigenvalue weighted by atomic mass is 10.6. The highest BCUT2D eigenvalue weighted by Crippen LogP contribution is 2.02. The van der Waals surface area contributed by atoms with E-state index in [0.717, 1.165) is 0 Å². The van der Waals surface area contributed by atoms with Crippen molar-refractivity contribution in [1.82, 2.24) is 0 Å². The molecule has 0 aromatic heterocycles. The predicted octanol–water partition coefficient (Wildman–Crippen LogP) is 1.77. The van der Waals surface area contributed by atoms with Gasteiger partial charge in [-0.15, -0.1) is 0 Å². The molecular weight excluding hydrogens is 196 g/mol. The van der Waals surface area contributed by atoms with E-state index in [1.807, 2.05) is 6.92 Å². The fourth-order valence-corrected chi connectivity index (χ4v) is 0.926. The van der Waals surface area contributed by atoms with Crippen LogP contribution in [0.2, 0.25) is 0 Å². The van der Waals surface area contributed by atoms with Gasteiger partial charge in [0.25, 0.3) is 0 Å². The van der Waals surface area contributed by atoms with Crippen molar-refractivity contribution in [3.05, 3.63) is 19.3 Å². The maximum absolute atomic E-state index is 5.31. The van der Waals surface area contributed by atoms with Gasteiger partial charge in [-0.1, -0.05) is 6.58 Å². The fraction of sp³-hybridized carbons (Fsp3) is 0.727. The second kappa shape index (κ2) is 9.96. The fourth-order valence-electron chi connectivity index (χ4n) is 0.926. The molecule has 1 unspecified atom stereocenters. The van der Waals surface area contributed by atoms with Crippen LogP contribution in [0.15, 0.2) is 12.3 Å². The lowest BCUT2D eigenvalue weighted by Gasteiger charge is -2.18. The summed E-state index contributed by atoms with van der Waals surface area (Å²) in [6.45, 7) is 13.3. The molecule has 0 aromatic rings. The minimum absolute atomic E-state index is 0.376. The van der Waals surface area contributed by atoms with Gasteiger partial charge >= 0.3 is 0 Å². The molecule has 0 fully saturated rings. The zero-order chi connectivity index (χ0) is 11.5. The SMILES string of the molecule is [CH2]COCCOCC(OCC)OC(=C)C. The molecule has 15 heavy (non-hydrogen) atoms. The molecule has 0 aliphatic rings. The smallest absolute Gasteiger partial charge is 0.222 e. The zero-order valence-corrected chi connectivity index (χ0v) is 9.66. The Morgan fingerprint density at radius 3 is 2.47 bits per heavy atom. The summed E-state index contributed by atoms with van der Waals surface area (Å²) in [6, 6.07) is 0. The highest BCUT2D eigenvalue weighted by molar-refractivity contribution is 4.74. The van der Waals surface area contributed by atoms with Crippen molar-refractivity contribution < 1.29 is 18.9 Å². The molecule has 0 spiro atoms. The van der Waals surface area contributed by atoms with Gasteiger partial charge in [-0.3, -0.25) is 0 Å². The second-order valence-electron chi connectivity index (χ2n) is 2.89. The van der Waals surface area contributed by atoms with Gasteiger partial charge in [0.05, 0.1) is 19.0 Å². The average molecular weight is 217 g/mol. The van der Waals surface area contributed by atoms with Gasteiger partial charge in [0.1, 0.15) is 6.61 Å². The topological polar surface area (TPSA) is 36.9 Å². The number of rotatable bonds is 10. The maximum Gasteiger partial charge on any atom is 0.222 e. The van der Waals surface area contributed by atoms with Crippen LogP contribution in [-0.2, 0) is 18.9 Å². The third-order valence-electron chi connectivity index (χ3n) is 1.46. The van der Waals surface area contributed by atoms with E-state index in [0.29, 0.717) is 38.8 Å². The number of ether oxygens (including phenoxy) is 4. The summed E-state index contributed by atoms with van der Waals surface area (Å²) in [5.74, 6) is 0.617. The van der Waals surface area contributed by atoms with Gasteiger partial charge in [0.2, 0.25) is 6.29 Å². The summed E-state index contributed by atoms with van der Waals surface area (Å²) in [6.07, 6.45) is -0.382. The van der Waals surface area contributed by atoms with Crippen LogP contribution in [0.1, 0.15) is 13.8 Å². The van der Waals surface area contributed by atoms with Crippen LogP contribution in [0.25, 0.3) is 0 Å². The van der Waals surface area contributed by atoms with Gasteiger partial charge in [-0.2, -0.15) is 0 Å². The van der Waals surface area contributed by atoms with Crippen molar-refractivity contribution in [3.8, 4) is 0 Å². The Labute approximate surface area is 92.2 Å². The summed E-state index contributed by atoms with van der Waals surface area (Å²) in [5.41, 5.74) is 0. The molecule has 89 valence electrons. The number of allylic oxidation sites excluding steroid dienone is 1. The molecule has 0 aliphatic heterocycles. The van der Waals surface area contributed by atoms with Crippen molar-refractivity contribution in [1.29, 1.82) is 0 Å². The summed E-state index contributed by atoms with van der Waals surface area (Å²) in [5, 5.41) is 0. The Morgan fingerprint density at radius 2 is 1.93 bits per heavy atom. The molecule has 4 heteroatoms. The maximum atomic E-state index is 5.31. The average Bonchev–Trinajstić information content (AvgIpc) is 2.17. The van der Waals surface area contributed by atoms with Gasteiger partial charge in [-0.05, 0) is 20.8 Å². The number of hydrogen-bond donors (Lipinski definition) is 0. The van der Waals surface area contributed by atoms with E-state index in [2.05, 4.69) is 13.5 Å². The second-order valence-corrected chi connectivity index (χ2v) is 2.89. The van der Waals surface area contributed by atoms with Gasteiger partial charge in [-0.25, -0.2) is 0 Å². The lowest BCUT2D eigenvalue weighted by Crippen LogP contribution is -2.23. The van der Waals surface area contributed by atoms with Gasteiger partial charge in [0, 0.05) is 13.2 Å². The van der Waals surface area contributed by atoms with E-state index in [4.69, 9.17) is 18.9 Å². The molecule has 0 saturated carbocycles. The van der Waals surface area contributed by atoms with E-state index in [9.17, 15) is 0 Å². The minimum atomic E-state index is -0.382. The normalized spacial score (nSPS) is 12.5. The zero-order valence-electron chi connectivity index (χ0n) is 9.66. The minimum Gasteiger partial charge on any atom is -0.468 e. The summed E-state index contributed by atoms with van der Waals surface area (Å²) < 4.78 is 20.9. The molecule has 0 rings (SSSR count). The van der Waals surface area contributed by atoms with Crippen LogP contribution in [0.4, 0.5) is 0 Å². The van der Waals surface area contributed by atoms with Crippen LogP contribution in [0, 0.1) is 6.92 Å². The van der Waals surface area contributed by atoms with Crippen molar-refractivity contribution >= 4 is 0 Å². The molecule has 1 atom stereocenters. The lowest BCUT2D eigenvalue weighted by molar-refractivity contribution is -0.150. The number of hydrogen-bond acceptors (Lipinski definition) is 4. The predicted molar refractivity (Wildman–Crippen MR) is 58.3 cm³/mol. The first-order valence-corrected chi connectivity index (χ1v) is 5.09. The van der Waals surface area contributed by atoms with E-state index in [1.54, 1.807) is 6.92 Å². The van der Waals surface area contributed by atoms with Crippen LogP contribution < -0.4 is 0 Å². The first-order chi connectivity index (χ1) is 7.20. The van der Waals surface area contributed by atoms with Crippen molar-refractivity contribution in [2.24, 2.45) is 0 Å². The van der Waals surface area contributed by atoms with Crippen molar-refractivity contribution in [2.45, 2.75) is 20.1 Å². The Balaban J connectivity index is 3.52. The van der Waals surface area contributed by atoms with E-state index in [-0.39, 0.29) is 6.29 Å². The Morgan fingerprint density at radius 1 is 1.27 bits per heavy atom. The molecule has 0 heterocycles. The molecule has 0 aliphatic carbocycles. The van der Waals surface area contributed by atoms with Crippen LogP contribution in [0.5, 0.6) is 0 Å². The summed E-state index contributed by atoms with van der Waals surface area (Å²) in [7, 11) is 0. The van der Waals surface area contributed by atoms with Crippen LogP contribution in [0.3, 0.4) is 0 Å². The molecule has 0 aromatic carbocycles. The van der Waals surface area contributed by atoms with Gasteiger partial charge in [0.15, 0.2) is 0 Å². The Kier molecular flexibility index (Phi) is 9.57. The summed E-state index contributed by atoms with van der Waals surface area (Å²) >= 11 is 0. The first-order valence-electron chi connectivity index (χ1n) is 5.09. The highest BCUT2D eigenvalue weighted by Gasteiger charge is 2.08. The van der Waals surface area contributed by atoms with Gasteiger partial charge < -0.3 is 18.9 Å². The van der Waals surface area contributed by atoms with E-state index >= 15 is 0 Å². The van der Waals surface area contributed by atoms with Crippen LogP contribution in [-0.4, -0.2) is 39.3 Å². The quantitative estimate of drug-likeness (QED) is 0.317. The molecule has 0 saturated heterocycles. The molecule has 1 radical (unpaired) electrons. The largest absolute Gasteiger partial charge is 0.468 e. The Hall–Kier alpha value is -0.580. The Bertz CT molecular complexity index is 159. The molecule has 4 nitrogen and oxygen atoms in total. The van der Waals surface area contributed by atoms with E-state index in [1.165, 1.54) is 0 Å². The monoisotopic (exact) mass is 217 g/mol. The third kappa shape index (κ3) is 9.72. The molecule has 0 N–H and O–H groups in total.